The third kappa shape index (κ3) is 3.81. The van der Waals surface area contributed by atoms with E-state index in [-0.39, 0.29) is 12.2 Å². The van der Waals surface area contributed by atoms with Crippen LogP contribution in [0.15, 0.2) is 18.3 Å². The molecule has 5 nitrogen and oxygen atoms in total. The number of pyridine rings is 1. The zero-order valence-corrected chi connectivity index (χ0v) is 11.5. The molecule has 1 saturated heterocycles. The highest BCUT2D eigenvalue weighted by Crippen LogP contribution is 2.28. The van der Waals surface area contributed by atoms with E-state index in [4.69, 9.17) is 0 Å². The Hall–Kier alpha value is -1.97. The van der Waals surface area contributed by atoms with Crippen LogP contribution in [0.2, 0.25) is 0 Å². The van der Waals surface area contributed by atoms with Crippen LogP contribution in [0.3, 0.4) is 0 Å². The molecule has 2 amide bonds. The maximum Gasteiger partial charge on any atom is 0.417 e. The molecule has 0 aliphatic carbocycles. The summed E-state index contributed by atoms with van der Waals surface area (Å²) in [5.74, 6) is -2.86. The summed E-state index contributed by atoms with van der Waals surface area (Å²) in [4.78, 5) is 16.3. The largest absolute Gasteiger partial charge is 0.417 e. The van der Waals surface area contributed by atoms with Crippen molar-refractivity contribution in [3.05, 3.63) is 29.6 Å². The van der Waals surface area contributed by atoms with Gasteiger partial charge in [0.05, 0.1) is 30.9 Å². The summed E-state index contributed by atoms with van der Waals surface area (Å²) in [6.07, 6.45) is -3.77. The van der Waals surface area contributed by atoms with Crippen molar-refractivity contribution >= 4 is 6.03 Å². The number of urea groups is 1. The molecule has 2 heterocycles. The van der Waals surface area contributed by atoms with Crippen LogP contribution in [0.5, 0.6) is 0 Å². The molecule has 1 aliphatic heterocycles. The minimum absolute atomic E-state index is 0.00932. The van der Waals surface area contributed by atoms with Crippen LogP contribution < -0.4 is 5.43 Å². The van der Waals surface area contributed by atoms with Crippen LogP contribution in [0.25, 0.3) is 0 Å². The lowest BCUT2D eigenvalue weighted by molar-refractivity contribution is -0.137. The van der Waals surface area contributed by atoms with Crippen molar-refractivity contribution in [2.45, 2.75) is 18.6 Å². The lowest BCUT2D eigenvalue weighted by atomic mass is 10.2. The van der Waals surface area contributed by atoms with Gasteiger partial charge in [-0.2, -0.15) is 13.2 Å². The highest BCUT2D eigenvalue weighted by molar-refractivity contribution is 5.74. The van der Waals surface area contributed by atoms with Gasteiger partial charge in [-0.3, -0.25) is 9.99 Å². The van der Waals surface area contributed by atoms with E-state index < -0.39 is 36.8 Å². The number of nitrogens with zero attached hydrogens (tertiary/aromatic N) is 3. The number of amides is 2. The number of hydrazine groups is 1. The summed E-state index contributed by atoms with van der Waals surface area (Å²) >= 11 is 0. The second-order valence-corrected chi connectivity index (χ2v) is 4.92. The fraction of sp³-hybridized carbons (Fsp3) is 0.500. The minimum atomic E-state index is -4.46. The molecule has 1 N–H and O–H groups in total. The molecular formula is C12H13F5N4O. The van der Waals surface area contributed by atoms with E-state index in [0.29, 0.717) is 6.20 Å². The smallest absolute Gasteiger partial charge is 0.311 e. The molecule has 0 bridgehead atoms. The van der Waals surface area contributed by atoms with E-state index in [1.165, 1.54) is 13.1 Å². The van der Waals surface area contributed by atoms with E-state index in [1.807, 2.05) is 0 Å². The maximum absolute atomic E-state index is 12.7. The number of likely N-dealkylation sites (tertiary alicyclic amines) is 1. The lowest BCUT2D eigenvalue weighted by Crippen LogP contribution is -2.62. The molecule has 1 aromatic heterocycles. The van der Waals surface area contributed by atoms with Gasteiger partial charge in [0.1, 0.15) is 0 Å². The van der Waals surface area contributed by atoms with Gasteiger partial charge in [-0.05, 0) is 12.1 Å². The molecule has 1 aliphatic rings. The number of rotatable bonds is 3. The number of halogens is 5. The number of carbonyl (C=O) groups excluding carboxylic acids is 1. The molecule has 2 rings (SSSR count). The Bertz CT molecular complexity index is 537. The monoisotopic (exact) mass is 324 g/mol. The molecule has 122 valence electrons. The Morgan fingerprint density at radius 1 is 1.41 bits per heavy atom. The first-order valence-corrected chi connectivity index (χ1v) is 6.24. The lowest BCUT2D eigenvalue weighted by Gasteiger charge is -2.40. The van der Waals surface area contributed by atoms with Gasteiger partial charge in [0, 0.05) is 13.2 Å². The molecule has 0 atom stereocenters. The molecule has 1 fully saturated rings. The zero-order valence-electron chi connectivity index (χ0n) is 11.5. The first kappa shape index (κ1) is 16.4. The SMILES string of the molecule is CN(NCc1ccc(C(F)(F)F)cn1)C(=O)N1CC(F)(F)C1. The Kier molecular flexibility index (Phi) is 4.23. The minimum Gasteiger partial charge on any atom is -0.311 e. The summed E-state index contributed by atoms with van der Waals surface area (Å²) in [6, 6.07) is 1.41. The van der Waals surface area contributed by atoms with Gasteiger partial charge < -0.3 is 4.90 Å². The van der Waals surface area contributed by atoms with Crippen molar-refractivity contribution < 1.29 is 26.7 Å². The standard InChI is InChI=1S/C12H13F5N4O/c1-20(10(22)21-6-11(13,14)7-21)19-5-9-3-2-8(4-18-9)12(15,16)17/h2-4,19H,5-7H2,1H3. The first-order chi connectivity index (χ1) is 10.1. The van der Waals surface area contributed by atoms with Crippen molar-refractivity contribution in [3.63, 3.8) is 0 Å². The Labute approximate surface area is 122 Å². The van der Waals surface area contributed by atoms with E-state index in [1.54, 1.807) is 0 Å². The van der Waals surface area contributed by atoms with Crippen molar-refractivity contribution in [2.24, 2.45) is 0 Å². The number of nitrogens with one attached hydrogen (secondary N) is 1. The van der Waals surface area contributed by atoms with E-state index in [2.05, 4.69) is 10.4 Å². The van der Waals surface area contributed by atoms with Crippen LogP contribution in [0, 0.1) is 0 Å². The summed E-state index contributed by atoms with van der Waals surface area (Å²) in [5.41, 5.74) is 1.99. The predicted octanol–water partition coefficient (Wildman–Crippen LogP) is 2.11. The van der Waals surface area contributed by atoms with Gasteiger partial charge in [-0.15, -0.1) is 0 Å². The molecule has 0 saturated carbocycles. The first-order valence-electron chi connectivity index (χ1n) is 6.24. The summed E-state index contributed by atoms with van der Waals surface area (Å²) in [6.45, 7) is -1.29. The molecule has 0 spiro atoms. The van der Waals surface area contributed by atoms with Crippen LogP contribution in [0.4, 0.5) is 26.7 Å². The van der Waals surface area contributed by atoms with Crippen LogP contribution >= 0.6 is 0 Å². The number of hydrogen-bond acceptors (Lipinski definition) is 3. The predicted molar refractivity (Wildman–Crippen MR) is 65.8 cm³/mol. The topological polar surface area (TPSA) is 48.5 Å². The number of aromatic nitrogens is 1. The van der Waals surface area contributed by atoms with Gasteiger partial charge in [-0.25, -0.2) is 19.0 Å². The third-order valence-electron chi connectivity index (χ3n) is 3.05. The van der Waals surface area contributed by atoms with Crippen molar-refractivity contribution in [1.82, 2.24) is 20.3 Å². The molecule has 10 heteroatoms. The Morgan fingerprint density at radius 3 is 2.50 bits per heavy atom. The van der Waals surface area contributed by atoms with Crippen LogP contribution in [-0.2, 0) is 12.7 Å². The van der Waals surface area contributed by atoms with Crippen molar-refractivity contribution in [1.29, 1.82) is 0 Å². The van der Waals surface area contributed by atoms with Gasteiger partial charge >= 0.3 is 12.2 Å². The van der Waals surface area contributed by atoms with Crippen molar-refractivity contribution in [3.8, 4) is 0 Å². The fourth-order valence-electron chi connectivity index (χ4n) is 1.82. The summed E-state index contributed by atoms with van der Waals surface area (Å²) < 4.78 is 62.4. The van der Waals surface area contributed by atoms with Crippen molar-refractivity contribution in [2.75, 3.05) is 20.1 Å². The number of alkyl halides is 5. The van der Waals surface area contributed by atoms with Crippen LogP contribution in [0.1, 0.15) is 11.3 Å². The number of hydrogen-bond donors (Lipinski definition) is 1. The summed E-state index contributed by atoms with van der Waals surface area (Å²) in [5, 5.41) is 0.995. The van der Waals surface area contributed by atoms with E-state index in [0.717, 1.165) is 16.0 Å². The highest BCUT2D eigenvalue weighted by Gasteiger charge is 2.47. The fourth-order valence-corrected chi connectivity index (χ4v) is 1.82. The molecule has 0 unspecified atom stereocenters. The molecule has 0 radical (unpaired) electrons. The summed E-state index contributed by atoms with van der Waals surface area (Å²) in [7, 11) is 1.34. The average molecular weight is 324 g/mol. The average Bonchev–Trinajstić information content (AvgIpc) is 2.40. The second kappa shape index (κ2) is 5.67. The van der Waals surface area contributed by atoms with Gasteiger partial charge in [-0.1, -0.05) is 0 Å². The van der Waals surface area contributed by atoms with Gasteiger partial charge in [0.2, 0.25) is 0 Å². The van der Waals surface area contributed by atoms with Gasteiger partial charge in [0.15, 0.2) is 0 Å². The third-order valence-corrected chi connectivity index (χ3v) is 3.05. The normalized spacial score (nSPS) is 17.1. The van der Waals surface area contributed by atoms with Crippen LogP contribution in [-0.4, -0.2) is 47.0 Å². The van der Waals surface area contributed by atoms with E-state index >= 15 is 0 Å². The highest BCUT2D eigenvalue weighted by atomic mass is 19.4. The zero-order chi connectivity index (χ0) is 16.5. The second-order valence-electron chi connectivity index (χ2n) is 4.92. The molecule has 1 aromatic rings. The molecule has 22 heavy (non-hydrogen) atoms. The van der Waals surface area contributed by atoms with E-state index in [9.17, 15) is 26.7 Å². The molecular weight excluding hydrogens is 311 g/mol. The Morgan fingerprint density at radius 2 is 2.05 bits per heavy atom. The quantitative estimate of drug-likeness (QED) is 0.684. The maximum atomic E-state index is 12.7. The van der Waals surface area contributed by atoms with Gasteiger partial charge in [0.25, 0.3) is 5.92 Å². The Balaban J connectivity index is 1.84. The molecule has 0 aromatic carbocycles. The number of carbonyl (C=O) groups is 1.